The lowest BCUT2D eigenvalue weighted by Crippen LogP contribution is -2.49. The first kappa shape index (κ1) is 14.9. The van der Waals surface area contributed by atoms with Crippen molar-refractivity contribution in [1.82, 2.24) is 9.80 Å². The smallest absolute Gasteiger partial charge is 0.0235 e. The fourth-order valence-corrected chi connectivity index (χ4v) is 4.19. The number of aryl methyl sites for hydroxylation is 1. The molecule has 2 aliphatic rings. The Bertz CT molecular complexity index is 679. The van der Waals surface area contributed by atoms with Crippen molar-refractivity contribution in [2.75, 3.05) is 26.2 Å². The summed E-state index contributed by atoms with van der Waals surface area (Å²) < 4.78 is 0. The first-order valence-electron chi connectivity index (χ1n) is 8.91. The summed E-state index contributed by atoms with van der Waals surface area (Å²) in [4.78, 5) is 5.32. The highest BCUT2D eigenvalue weighted by atomic mass is 15.3. The first-order valence-corrected chi connectivity index (χ1v) is 8.91. The lowest BCUT2D eigenvalue weighted by molar-refractivity contribution is 0.0994. The van der Waals surface area contributed by atoms with Crippen LogP contribution in [0.15, 0.2) is 48.5 Å². The maximum Gasteiger partial charge on any atom is 0.0235 e. The van der Waals surface area contributed by atoms with E-state index < -0.39 is 0 Å². The van der Waals surface area contributed by atoms with Crippen LogP contribution in [-0.4, -0.2) is 42.0 Å². The molecule has 2 aromatic rings. The third-order valence-corrected chi connectivity index (χ3v) is 5.46. The molecule has 0 bridgehead atoms. The zero-order chi connectivity index (χ0) is 15.6. The van der Waals surface area contributed by atoms with Crippen LogP contribution in [0, 0.1) is 6.92 Å². The van der Waals surface area contributed by atoms with E-state index in [4.69, 9.17) is 0 Å². The van der Waals surface area contributed by atoms with Gasteiger partial charge in [0.15, 0.2) is 0 Å². The molecular formula is C21H26N2. The lowest BCUT2D eigenvalue weighted by atomic mass is 9.98. The molecule has 2 heteroatoms. The Morgan fingerprint density at radius 1 is 1.00 bits per heavy atom. The Hall–Kier alpha value is -1.64. The zero-order valence-corrected chi connectivity index (χ0v) is 14.0. The SMILES string of the molecule is Cc1ccccc1-c1cccc(CN2CCN3CCC[C@H]3C2)c1. The minimum absolute atomic E-state index is 0.809. The van der Waals surface area contributed by atoms with Crippen molar-refractivity contribution in [2.24, 2.45) is 0 Å². The molecule has 2 heterocycles. The third-order valence-electron chi connectivity index (χ3n) is 5.46. The number of hydrogen-bond donors (Lipinski definition) is 0. The molecule has 0 radical (unpaired) electrons. The summed E-state index contributed by atoms with van der Waals surface area (Å²) in [7, 11) is 0. The van der Waals surface area contributed by atoms with E-state index in [-0.39, 0.29) is 0 Å². The van der Waals surface area contributed by atoms with E-state index in [0.29, 0.717) is 0 Å². The van der Waals surface area contributed by atoms with Gasteiger partial charge in [-0.2, -0.15) is 0 Å². The number of nitrogens with zero attached hydrogens (tertiary/aromatic N) is 2. The van der Waals surface area contributed by atoms with Crippen molar-refractivity contribution in [1.29, 1.82) is 0 Å². The summed E-state index contributed by atoms with van der Waals surface area (Å²) in [6.45, 7) is 8.31. The van der Waals surface area contributed by atoms with Crippen LogP contribution in [0.2, 0.25) is 0 Å². The Morgan fingerprint density at radius 2 is 1.91 bits per heavy atom. The average Bonchev–Trinajstić information content (AvgIpc) is 3.03. The molecule has 4 rings (SSSR count). The highest BCUT2D eigenvalue weighted by Gasteiger charge is 2.30. The van der Waals surface area contributed by atoms with Gasteiger partial charge in [0, 0.05) is 32.2 Å². The van der Waals surface area contributed by atoms with Crippen LogP contribution >= 0.6 is 0 Å². The Balaban J connectivity index is 1.50. The number of hydrogen-bond acceptors (Lipinski definition) is 2. The van der Waals surface area contributed by atoms with E-state index in [1.807, 2.05) is 0 Å². The van der Waals surface area contributed by atoms with Gasteiger partial charge in [0.05, 0.1) is 0 Å². The Kier molecular flexibility index (Phi) is 4.19. The predicted octanol–water partition coefficient (Wildman–Crippen LogP) is 3.94. The summed E-state index contributed by atoms with van der Waals surface area (Å²) in [6.07, 6.45) is 2.78. The summed E-state index contributed by atoms with van der Waals surface area (Å²) >= 11 is 0. The van der Waals surface area contributed by atoms with Gasteiger partial charge in [-0.1, -0.05) is 42.5 Å². The molecule has 23 heavy (non-hydrogen) atoms. The highest BCUT2D eigenvalue weighted by Crippen LogP contribution is 2.26. The molecule has 0 N–H and O–H groups in total. The molecule has 2 saturated heterocycles. The second-order valence-corrected chi connectivity index (χ2v) is 7.08. The fraction of sp³-hybridized carbons (Fsp3) is 0.429. The largest absolute Gasteiger partial charge is 0.298 e. The molecule has 120 valence electrons. The predicted molar refractivity (Wildman–Crippen MR) is 96.5 cm³/mol. The standard InChI is InChI=1S/C21H26N2/c1-17-6-2-3-10-21(17)19-8-4-7-18(14-19)15-22-12-13-23-11-5-9-20(23)16-22/h2-4,6-8,10,14,20H,5,9,11-13,15-16H2,1H3/t20-/m0/s1. The van der Waals surface area contributed by atoms with Gasteiger partial charge in [-0.05, 0) is 54.6 Å². The van der Waals surface area contributed by atoms with Crippen molar-refractivity contribution in [2.45, 2.75) is 32.4 Å². The van der Waals surface area contributed by atoms with Crippen LogP contribution in [0.5, 0.6) is 0 Å². The topological polar surface area (TPSA) is 6.48 Å². The van der Waals surface area contributed by atoms with Crippen molar-refractivity contribution in [3.05, 3.63) is 59.7 Å². The second-order valence-electron chi connectivity index (χ2n) is 7.08. The molecular weight excluding hydrogens is 280 g/mol. The normalized spacial score (nSPS) is 22.2. The van der Waals surface area contributed by atoms with Crippen molar-refractivity contribution in [3.63, 3.8) is 0 Å². The minimum atomic E-state index is 0.809. The van der Waals surface area contributed by atoms with E-state index in [1.165, 1.54) is 61.3 Å². The number of fused-ring (bicyclic) bond motifs is 1. The van der Waals surface area contributed by atoms with Crippen LogP contribution in [0.3, 0.4) is 0 Å². The monoisotopic (exact) mass is 306 g/mol. The van der Waals surface area contributed by atoms with E-state index in [9.17, 15) is 0 Å². The summed E-state index contributed by atoms with van der Waals surface area (Å²) in [5.41, 5.74) is 5.50. The van der Waals surface area contributed by atoms with E-state index in [1.54, 1.807) is 0 Å². The molecule has 0 amide bonds. The van der Waals surface area contributed by atoms with Gasteiger partial charge >= 0.3 is 0 Å². The molecule has 2 aliphatic heterocycles. The van der Waals surface area contributed by atoms with E-state index in [0.717, 1.165) is 12.6 Å². The van der Waals surface area contributed by atoms with Gasteiger partial charge < -0.3 is 0 Å². The number of rotatable bonds is 3. The molecule has 0 unspecified atom stereocenters. The first-order chi connectivity index (χ1) is 11.3. The summed E-state index contributed by atoms with van der Waals surface area (Å²) in [5, 5.41) is 0. The van der Waals surface area contributed by atoms with Gasteiger partial charge in [-0.3, -0.25) is 9.80 Å². The fourth-order valence-electron chi connectivity index (χ4n) is 4.19. The number of piperazine rings is 1. The Morgan fingerprint density at radius 3 is 2.83 bits per heavy atom. The summed E-state index contributed by atoms with van der Waals surface area (Å²) in [5.74, 6) is 0. The van der Waals surface area contributed by atoms with Crippen LogP contribution in [0.25, 0.3) is 11.1 Å². The molecule has 0 aromatic heterocycles. The van der Waals surface area contributed by atoms with Gasteiger partial charge in [0.25, 0.3) is 0 Å². The van der Waals surface area contributed by atoms with E-state index in [2.05, 4.69) is 65.3 Å². The quantitative estimate of drug-likeness (QED) is 0.847. The molecule has 0 aliphatic carbocycles. The van der Waals surface area contributed by atoms with Gasteiger partial charge in [0.1, 0.15) is 0 Å². The van der Waals surface area contributed by atoms with Crippen molar-refractivity contribution < 1.29 is 0 Å². The molecule has 0 saturated carbocycles. The summed E-state index contributed by atoms with van der Waals surface area (Å²) in [6, 6.07) is 18.6. The maximum absolute atomic E-state index is 2.68. The molecule has 2 aromatic carbocycles. The van der Waals surface area contributed by atoms with Crippen LogP contribution in [0.1, 0.15) is 24.0 Å². The number of benzene rings is 2. The molecule has 2 nitrogen and oxygen atoms in total. The van der Waals surface area contributed by atoms with Crippen LogP contribution in [-0.2, 0) is 6.54 Å². The lowest BCUT2D eigenvalue weighted by Gasteiger charge is -2.37. The minimum Gasteiger partial charge on any atom is -0.298 e. The zero-order valence-electron chi connectivity index (χ0n) is 14.0. The van der Waals surface area contributed by atoms with Crippen LogP contribution in [0.4, 0.5) is 0 Å². The van der Waals surface area contributed by atoms with Gasteiger partial charge in [-0.15, -0.1) is 0 Å². The van der Waals surface area contributed by atoms with Crippen molar-refractivity contribution in [3.8, 4) is 11.1 Å². The third kappa shape index (κ3) is 3.19. The van der Waals surface area contributed by atoms with Gasteiger partial charge in [-0.25, -0.2) is 0 Å². The average molecular weight is 306 g/mol. The molecule has 0 spiro atoms. The van der Waals surface area contributed by atoms with Gasteiger partial charge in [0.2, 0.25) is 0 Å². The molecule has 1 atom stereocenters. The maximum atomic E-state index is 2.68. The molecule has 2 fully saturated rings. The Labute approximate surface area is 139 Å². The van der Waals surface area contributed by atoms with Crippen LogP contribution < -0.4 is 0 Å². The van der Waals surface area contributed by atoms with E-state index >= 15 is 0 Å². The second kappa shape index (κ2) is 6.46. The highest BCUT2D eigenvalue weighted by molar-refractivity contribution is 5.67. The van der Waals surface area contributed by atoms with Crippen molar-refractivity contribution >= 4 is 0 Å².